The largest absolute Gasteiger partial charge is 0.496 e. The van der Waals surface area contributed by atoms with Crippen molar-refractivity contribution in [2.45, 2.75) is 31.7 Å². The summed E-state index contributed by atoms with van der Waals surface area (Å²) >= 11 is 6.55. The molecule has 0 aliphatic carbocycles. The highest BCUT2D eigenvalue weighted by Gasteiger charge is 2.27. The van der Waals surface area contributed by atoms with Crippen molar-refractivity contribution < 1.29 is 13.2 Å². The Morgan fingerprint density at radius 1 is 0.955 bits per heavy atom. The summed E-state index contributed by atoms with van der Waals surface area (Å²) in [6.45, 7) is 6.72. The van der Waals surface area contributed by atoms with Gasteiger partial charge in [0.05, 0.1) is 23.5 Å². The van der Waals surface area contributed by atoms with E-state index in [0.29, 0.717) is 41.1 Å². The van der Waals surface area contributed by atoms with Gasteiger partial charge in [-0.05, 0) is 37.6 Å². The van der Waals surface area contributed by atoms with Crippen LogP contribution in [0.5, 0.6) is 5.75 Å². The van der Waals surface area contributed by atoms with Crippen LogP contribution >= 0.6 is 11.6 Å². The lowest BCUT2D eigenvalue weighted by atomic mass is 10.0. The minimum atomic E-state index is -3.65. The summed E-state index contributed by atoms with van der Waals surface area (Å²) < 4.78 is 33.9. The maximum atomic E-state index is 12.8. The van der Waals surface area contributed by atoms with Crippen LogP contribution in [0.3, 0.4) is 0 Å². The van der Waals surface area contributed by atoms with E-state index in [0.717, 1.165) is 43.1 Å². The number of likely N-dealkylation sites (N-methyl/N-ethyl adjacent to an activating group) is 1. The predicted molar refractivity (Wildman–Crippen MR) is 177 cm³/mol. The van der Waals surface area contributed by atoms with E-state index in [2.05, 4.69) is 44.9 Å². The van der Waals surface area contributed by atoms with Gasteiger partial charge in [-0.2, -0.15) is 12.7 Å². The van der Waals surface area contributed by atoms with Gasteiger partial charge in [-0.1, -0.05) is 35.9 Å². The lowest BCUT2D eigenvalue weighted by molar-refractivity contribution is 0.0982. The number of benzene rings is 2. The number of anilines is 2. The molecule has 2 fully saturated rings. The van der Waals surface area contributed by atoms with Gasteiger partial charge >= 0.3 is 10.2 Å². The number of hydrogen-bond donors (Lipinski definition) is 0. The zero-order valence-corrected chi connectivity index (χ0v) is 28.0. The normalized spacial score (nSPS) is 17.3. The third-order valence-corrected chi connectivity index (χ3v) is 11.0. The molecule has 3 aromatic rings. The molecule has 0 saturated carbocycles. The summed E-state index contributed by atoms with van der Waals surface area (Å²) in [6.07, 6.45) is 4.81. The van der Waals surface area contributed by atoms with Crippen molar-refractivity contribution in [2.24, 2.45) is 0 Å². The fourth-order valence-corrected chi connectivity index (χ4v) is 7.17. The maximum absolute atomic E-state index is 12.8. The van der Waals surface area contributed by atoms with Gasteiger partial charge in [-0.15, -0.1) is 0 Å². The van der Waals surface area contributed by atoms with Gasteiger partial charge in [0.2, 0.25) is 0 Å². The molecule has 0 bridgehead atoms. The number of hydrogen-bond acceptors (Lipinski definition) is 8. The van der Waals surface area contributed by atoms with E-state index in [4.69, 9.17) is 21.3 Å². The van der Waals surface area contributed by atoms with Gasteiger partial charge in [0.15, 0.2) is 0 Å². The van der Waals surface area contributed by atoms with E-state index in [1.807, 2.05) is 18.2 Å². The molecule has 0 radical (unpaired) electrons. The van der Waals surface area contributed by atoms with Gasteiger partial charge in [-0.25, -0.2) is 9.97 Å². The van der Waals surface area contributed by atoms with E-state index in [1.54, 1.807) is 26.4 Å². The second-order valence-corrected chi connectivity index (χ2v) is 14.5. The molecule has 0 amide bonds. The van der Waals surface area contributed by atoms with Crippen molar-refractivity contribution >= 4 is 33.2 Å². The Balaban J connectivity index is 1.28. The molecule has 0 unspecified atom stereocenters. The number of aromatic nitrogens is 2. The summed E-state index contributed by atoms with van der Waals surface area (Å²) in [5, 5.41) is 0.434. The number of rotatable bonds is 10. The summed E-state index contributed by atoms with van der Waals surface area (Å²) in [5.41, 5.74) is 4.17. The third-order valence-electron chi connectivity index (χ3n) is 8.87. The minimum absolute atomic E-state index is 0.359. The first kappa shape index (κ1) is 32.4. The van der Waals surface area contributed by atoms with Crippen LogP contribution in [0, 0.1) is 0 Å². The molecule has 12 heteroatoms. The molecule has 5 rings (SSSR count). The Bertz CT molecular complexity index is 1540. The zero-order valence-electron chi connectivity index (χ0n) is 26.4. The molecule has 238 valence electrons. The fourth-order valence-electron chi connectivity index (χ4n) is 6.09. The van der Waals surface area contributed by atoms with E-state index < -0.39 is 10.2 Å². The second-order valence-electron chi connectivity index (χ2n) is 11.9. The average Bonchev–Trinajstić information content (AvgIpc) is 3.03. The number of piperazine rings is 1. The Morgan fingerprint density at radius 2 is 1.66 bits per heavy atom. The van der Waals surface area contributed by atoms with Crippen LogP contribution in [0.1, 0.15) is 35.5 Å². The van der Waals surface area contributed by atoms with E-state index in [-0.39, 0.29) is 0 Å². The van der Waals surface area contributed by atoms with Crippen molar-refractivity contribution in [3.63, 3.8) is 0 Å². The SMILES string of the molecule is COc1cc(N2CCC(N3CCN(C)CC3)CC2)ccc1Cc1ncc(Cl)c(Cc2ccccc2N(C)S(=O)(=O)N(C)C)n1. The van der Waals surface area contributed by atoms with Crippen molar-refractivity contribution in [3.05, 3.63) is 76.3 Å². The highest BCUT2D eigenvalue weighted by Crippen LogP contribution is 2.31. The van der Waals surface area contributed by atoms with Gasteiger partial charge in [-0.3, -0.25) is 9.21 Å². The van der Waals surface area contributed by atoms with E-state index in [9.17, 15) is 8.42 Å². The van der Waals surface area contributed by atoms with Crippen LogP contribution in [0.4, 0.5) is 11.4 Å². The van der Waals surface area contributed by atoms with Crippen molar-refractivity contribution in [3.8, 4) is 5.75 Å². The Kier molecular flexibility index (Phi) is 10.3. The molecule has 2 saturated heterocycles. The number of halogens is 1. The zero-order chi connectivity index (χ0) is 31.4. The van der Waals surface area contributed by atoms with Gasteiger partial charge in [0.25, 0.3) is 0 Å². The van der Waals surface area contributed by atoms with Crippen molar-refractivity contribution in [2.75, 3.05) is 83.8 Å². The highest BCUT2D eigenvalue weighted by atomic mass is 35.5. The quantitative estimate of drug-likeness (QED) is 0.331. The minimum Gasteiger partial charge on any atom is -0.496 e. The summed E-state index contributed by atoms with van der Waals surface area (Å²) in [5.74, 6) is 1.43. The van der Waals surface area contributed by atoms with Gasteiger partial charge in [0.1, 0.15) is 11.6 Å². The van der Waals surface area contributed by atoms with E-state index >= 15 is 0 Å². The highest BCUT2D eigenvalue weighted by molar-refractivity contribution is 7.90. The van der Waals surface area contributed by atoms with E-state index in [1.165, 1.54) is 54.3 Å². The molecule has 1 aromatic heterocycles. The van der Waals surface area contributed by atoms with Crippen LogP contribution in [0.25, 0.3) is 0 Å². The molecule has 10 nitrogen and oxygen atoms in total. The monoisotopic (exact) mass is 641 g/mol. The molecular weight excluding hydrogens is 598 g/mol. The number of para-hydroxylation sites is 1. The predicted octanol–water partition coefficient (Wildman–Crippen LogP) is 3.78. The summed E-state index contributed by atoms with van der Waals surface area (Å²) in [4.78, 5) is 16.9. The number of nitrogens with zero attached hydrogens (tertiary/aromatic N) is 7. The topological polar surface area (TPSA) is 85.3 Å². The average molecular weight is 642 g/mol. The lowest BCUT2D eigenvalue weighted by Crippen LogP contribution is -2.52. The van der Waals surface area contributed by atoms with Crippen LogP contribution < -0.4 is 13.9 Å². The summed E-state index contributed by atoms with van der Waals surface area (Å²) in [7, 11) is 4.83. The first-order chi connectivity index (χ1) is 21.1. The lowest BCUT2D eigenvalue weighted by Gasteiger charge is -2.42. The van der Waals surface area contributed by atoms with Crippen LogP contribution in [0.15, 0.2) is 48.7 Å². The summed E-state index contributed by atoms with van der Waals surface area (Å²) in [6, 6.07) is 14.4. The number of ether oxygens (including phenoxy) is 1. The standard InChI is InChI=1S/C32H44ClN7O3S/c1-36(2)44(41,42)38(4)30-9-7-6-8-24(30)20-29-28(33)23-34-32(35-29)21-25-10-11-27(22-31(25)43-5)39-14-12-26(13-15-39)40-18-16-37(3)17-19-40/h6-11,22-23,26H,12-21H2,1-5H3. The molecule has 0 spiro atoms. The second kappa shape index (κ2) is 14.0. The molecule has 0 atom stereocenters. The Labute approximate surface area is 267 Å². The van der Waals surface area contributed by atoms with Crippen molar-refractivity contribution in [1.82, 2.24) is 24.1 Å². The molecule has 2 aromatic carbocycles. The molecule has 0 N–H and O–H groups in total. The van der Waals surface area contributed by atoms with Crippen molar-refractivity contribution in [1.29, 1.82) is 0 Å². The third kappa shape index (κ3) is 7.29. The molecule has 44 heavy (non-hydrogen) atoms. The van der Waals surface area contributed by atoms with Gasteiger partial charge in [0, 0.05) is 103 Å². The number of piperidine rings is 1. The van der Waals surface area contributed by atoms with Crippen LogP contribution in [0.2, 0.25) is 5.02 Å². The fraction of sp³-hybridized carbons (Fsp3) is 0.500. The van der Waals surface area contributed by atoms with Crippen LogP contribution in [-0.2, 0) is 23.1 Å². The van der Waals surface area contributed by atoms with Crippen LogP contribution in [-0.4, -0.2) is 113 Å². The number of methoxy groups -OCH3 is 1. The Hall–Kier alpha value is -2.96. The maximum Gasteiger partial charge on any atom is 0.303 e. The molecular formula is C32H44ClN7O3S. The smallest absolute Gasteiger partial charge is 0.303 e. The molecule has 2 aliphatic heterocycles. The first-order valence-electron chi connectivity index (χ1n) is 15.2. The molecule has 3 heterocycles. The first-order valence-corrected chi connectivity index (χ1v) is 16.9. The molecule has 2 aliphatic rings. The van der Waals surface area contributed by atoms with Gasteiger partial charge < -0.3 is 14.5 Å². The Morgan fingerprint density at radius 3 is 2.34 bits per heavy atom.